The molecule has 118 valence electrons. The molecule has 4 aromatic rings. The third-order valence-corrected chi connectivity index (χ3v) is 6.61. The molecule has 0 bridgehead atoms. The van der Waals surface area contributed by atoms with E-state index in [1.54, 1.807) is 0 Å². The van der Waals surface area contributed by atoms with E-state index in [1.165, 1.54) is 34.2 Å². The van der Waals surface area contributed by atoms with Crippen LogP contribution in [0.2, 0.25) is 0 Å². The fourth-order valence-electron chi connectivity index (χ4n) is 4.12. The Bertz CT molecular complexity index is 1080. The summed E-state index contributed by atoms with van der Waals surface area (Å²) in [6.45, 7) is 0. The molecule has 0 amide bonds. The van der Waals surface area contributed by atoms with Crippen molar-refractivity contribution in [2.24, 2.45) is 0 Å². The summed E-state index contributed by atoms with van der Waals surface area (Å²) in [6.07, 6.45) is 6.61. The van der Waals surface area contributed by atoms with E-state index in [0.29, 0.717) is 11.8 Å². The summed E-state index contributed by atoms with van der Waals surface area (Å²) in [7, 11) is 0. The lowest BCUT2D eigenvalue weighted by atomic mass is 10.1. The van der Waals surface area contributed by atoms with Gasteiger partial charge in [0.2, 0.25) is 0 Å². The van der Waals surface area contributed by atoms with Gasteiger partial charge in [0.1, 0.15) is 11.2 Å². The number of fused-ring (bicyclic) bond motifs is 5. The zero-order valence-electron chi connectivity index (χ0n) is 13.1. The number of rotatable bonds is 2. The molecular formula is C19H16N4S. The third-order valence-electron chi connectivity index (χ3n) is 5.41. The molecule has 1 fully saturated rings. The van der Waals surface area contributed by atoms with E-state index in [-0.39, 0.29) is 0 Å². The summed E-state index contributed by atoms with van der Waals surface area (Å²) in [5.41, 5.74) is 3.89. The molecular weight excluding hydrogens is 316 g/mol. The molecule has 0 spiro atoms. The van der Waals surface area contributed by atoms with Crippen LogP contribution >= 0.6 is 11.3 Å². The lowest BCUT2D eigenvalue weighted by Crippen LogP contribution is -1.91. The first kappa shape index (κ1) is 13.1. The first-order valence-electron chi connectivity index (χ1n) is 8.59. The van der Waals surface area contributed by atoms with Crippen molar-refractivity contribution in [1.82, 2.24) is 19.6 Å². The molecule has 24 heavy (non-hydrogen) atoms. The largest absolute Gasteiger partial charge is 0.225 e. The second kappa shape index (κ2) is 4.63. The van der Waals surface area contributed by atoms with E-state index in [9.17, 15) is 0 Å². The normalized spacial score (nSPS) is 22.3. The van der Waals surface area contributed by atoms with Crippen molar-refractivity contribution >= 4 is 27.2 Å². The highest BCUT2D eigenvalue weighted by Crippen LogP contribution is 2.53. The van der Waals surface area contributed by atoms with Gasteiger partial charge in [-0.25, -0.2) is 14.5 Å². The van der Waals surface area contributed by atoms with Crippen LogP contribution in [-0.4, -0.2) is 19.6 Å². The molecule has 5 heteroatoms. The molecule has 0 radical (unpaired) electrons. The Morgan fingerprint density at radius 1 is 1.08 bits per heavy atom. The van der Waals surface area contributed by atoms with E-state index in [1.807, 2.05) is 22.2 Å². The van der Waals surface area contributed by atoms with Crippen molar-refractivity contribution in [3.63, 3.8) is 0 Å². The first-order valence-corrected chi connectivity index (χ1v) is 9.40. The second-order valence-corrected chi connectivity index (χ2v) is 7.96. The lowest BCUT2D eigenvalue weighted by molar-refractivity contribution is 0.850. The molecule has 2 aliphatic carbocycles. The van der Waals surface area contributed by atoms with Crippen LogP contribution in [0.4, 0.5) is 0 Å². The number of aryl methyl sites for hydroxylation is 2. The van der Waals surface area contributed by atoms with Gasteiger partial charge in [0.25, 0.3) is 0 Å². The number of thiophene rings is 1. The van der Waals surface area contributed by atoms with Crippen molar-refractivity contribution in [2.45, 2.75) is 37.5 Å². The summed E-state index contributed by atoms with van der Waals surface area (Å²) < 4.78 is 1.89. The molecule has 0 saturated heterocycles. The second-order valence-electron chi connectivity index (χ2n) is 6.88. The van der Waals surface area contributed by atoms with E-state index in [4.69, 9.17) is 10.1 Å². The van der Waals surface area contributed by atoms with Gasteiger partial charge in [0.05, 0.1) is 5.39 Å². The van der Waals surface area contributed by atoms with Gasteiger partial charge in [0, 0.05) is 10.8 Å². The molecule has 3 aromatic heterocycles. The average Bonchev–Trinajstić information content (AvgIpc) is 2.93. The Morgan fingerprint density at radius 3 is 2.92 bits per heavy atom. The average molecular weight is 332 g/mol. The van der Waals surface area contributed by atoms with Gasteiger partial charge in [0.15, 0.2) is 11.5 Å². The van der Waals surface area contributed by atoms with Crippen molar-refractivity contribution in [2.75, 3.05) is 0 Å². The minimum atomic E-state index is 0.453. The summed E-state index contributed by atoms with van der Waals surface area (Å²) in [4.78, 5) is 12.2. The quantitative estimate of drug-likeness (QED) is 0.555. The number of benzene rings is 1. The summed E-state index contributed by atoms with van der Waals surface area (Å²) >= 11 is 1.84. The highest BCUT2D eigenvalue weighted by atomic mass is 32.1. The van der Waals surface area contributed by atoms with E-state index in [2.05, 4.69) is 35.3 Å². The monoisotopic (exact) mass is 332 g/mol. The van der Waals surface area contributed by atoms with Gasteiger partial charge in [-0.3, -0.25) is 0 Å². The molecule has 4 nitrogen and oxygen atoms in total. The summed E-state index contributed by atoms with van der Waals surface area (Å²) in [5.74, 6) is 2.00. The van der Waals surface area contributed by atoms with Gasteiger partial charge in [-0.15, -0.1) is 16.4 Å². The highest BCUT2D eigenvalue weighted by Gasteiger charge is 2.42. The molecule has 3 heterocycles. The van der Waals surface area contributed by atoms with Crippen molar-refractivity contribution in [1.29, 1.82) is 0 Å². The van der Waals surface area contributed by atoms with Crippen LogP contribution in [0.25, 0.3) is 15.9 Å². The Labute approximate surface area is 143 Å². The maximum Gasteiger partial charge on any atom is 0.167 e. The SMILES string of the molecule is c1ccc([C@H]2C[C@@H]2c2nc3c4c5c(sc4ncn3n2)CCC5)cc1. The Morgan fingerprint density at radius 2 is 2.00 bits per heavy atom. The smallest absolute Gasteiger partial charge is 0.167 e. The highest BCUT2D eigenvalue weighted by molar-refractivity contribution is 7.19. The van der Waals surface area contributed by atoms with E-state index in [0.717, 1.165) is 29.1 Å². The lowest BCUT2D eigenvalue weighted by Gasteiger charge is -1.96. The molecule has 1 saturated carbocycles. The predicted octanol–water partition coefficient (Wildman–Crippen LogP) is 4.10. The maximum atomic E-state index is 4.95. The van der Waals surface area contributed by atoms with Gasteiger partial charge in [-0.2, -0.15) is 0 Å². The Kier molecular flexibility index (Phi) is 2.52. The van der Waals surface area contributed by atoms with Crippen LogP contribution in [0, 0.1) is 0 Å². The van der Waals surface area contributed by atoms with Crippen molar-refractivity contribution in [3.05, 3.63) is 58.5 Å². The molecule has 0 N–H and O–H groups in total. The van der Waals surface area contributed by atoms with Crippen LogP contribution in [0.3, 0.4) is 0 Å². The zero-order chi connectivity index (χ0) is 15.7. The summed E-state index contributed by atoms with van der Waals surface area (Å²) in [6, 6.07) is 10.7. The molecule has 0 unspecified atom stereocenters. The standard InChI is InChI=1S/C19H16N4S/c1-2-5-11(6-3-1)13-9-14(13)17-21-18-16-12-7-4-8-15(12)24-19(16)20-10-23(18)22-17/h1-3,5-6,10,13-14H,4,7-9H2/t13-,14+/m1/s1. The fraction of sp³-hybridized carbons (Fsp3) is 0.316. The van der Waals surface area contributed by atoms with Gasteiger partial charge in [-0.05, 0) is 42.7 Å². The fourth-order valence-corrected chi connectivity index (χ4v) is 5.34. The van der Waals surface area contributed by atoms with Crippen molar-refractivity contribution in [3.8, 4) is 0 Å². The summed E-state index contributed by atoms with van der Waals surface area (Å²) in [5, 5.41) is 6.01. The number of aromatic nitrogens is 4. The molecule has 2 aliphatic rings. The topological polar surface area (TPSA) is 43.1 Å². The predicted molar refractivity (Wildman–Crippen MR) is 94.7 cm³/mol. The Hall–Kier alpha value is -2.27. The van der Waals surface area contributed by atoms with E-state index < -0.39 is 0 Å². The van der Waals surface area contributed by atoms with Gasteiger partial charge in [-0.1, -0.05) is 30.3 Å². The van der Waals surface area contributed by atoms with E-state index >= 15 is 0 Å². The Balaban J connectivity index is 1.47. The van der Waals surface area contributed by atoms with Crippen LogP contribution < -0.4 is 0 Å². The van der Waals surface area contributed by atoms with Gasteiger partial charge < -0.3 is 0 Å². The third kappa shape index (κ3) is 1.76. The molecule has 1 aromatic carbocycles. The van der Waals surface area contributed by atoms with Crippen LogP contribution in [0.5, 0.6) is 0 Å². The number of hydrogen-bond acceptors (Lipinski definition) is 4. The van der Waals surface area contributed by atoms with Crippen LogP contribution in [-0.2, 0) is 12.8 Å². The minimum absolute atomic E-state index is 0.453. The van der Waals surface area contributed by atoms with Crippen molar-refractivity contribution < 1.29 is 0 Å². The molecule has 6 rings (SSSR count). The molecule has 2 atom stereocenters. The first-order chi connectivity index (χ1) is 11.9. The van der Waals surface area contributed by atoms with Crippen LogP contribution in [0.1, 0.15) is 46.5 Å². The number of hydrogen-bond donors (Lipinski definition) is 0. The zero-order valence-corrected chi connectivity index (χ0v) is 14.0. The minimum Gasteiger partial charge on any atom is -0.225 e. The van der Waals surface area contributed by atoms with Gasteiger partial charge >= 0.3 is 0 Å². The maximum absolute atomic E-state index is 4.95. The van der Waals surface area contributed by atoms with Crippen LogP contribution in [0.15, 0.2) is 36.7 Å². The number of nitrogens with zero attached hydrogens (tertiary/aromatic N) is 4. The molecule has 0 aliphatic heterocycles.